The Morgan fingerprint density at radius 1 is 1.29 bits per heavy atom. The Morgan fingerprint density at radius 2 is 1.71 bits per heavy atom. The highest BCUT2D eigenvalue weighted by Gasteiger charge is 2.54. The fourth-order valence-corrected chi connectivity index (χ4v) is 3.58. The number of carbonyl (C=O) groups excluding carboxylic acids is 1. The Bertz CT molecular complexity index is 243. The maximum Gasteiger partial charge on any atom is 0.323 e. The van der Waals surface area contributed by atoms with Gasteiger partial charge in [-0.25, -0.2) is 0 Å². The van der Waals surface area contributed by atoms with E-state index in [0.29, 0.717) is 0 Å². The molecule has 0 radical (unpaired) electrons. The molecule has 0 aromatic carbocycles. The van der Waals surface area contributed by atoms with Crippen LogP contribution in [0.2, 0.25) is 0 Å². The van der Waals surface area contributed by atoms with Crippen LogP contribution in [0.1, 0.15) is 47.5 Å². The first-order valence-corrected chi connectivity index (χ1v) is 5.76. The minimum Gasteiger partial charge on any atom is -0.459 e. The molecule has 1 fully saturated rings. The Morgan fingerprint density at radius 3 is 2.00 bits per heavy atom. The van der Waals surface area contributed by atoms with E-state index in [-0.39, 0.29) is 11.4 Å². The van der Waals surface area contributed by atoms with Crippen LogP contribution in [0.25, 0.3) is 0 Å². The molecule has 0 spiro atoms. The lowest BCUT2D eigenvalue weighted by Gasteiger charge is -2.48. The van der Waals surface area contributed by atoms with Gasteiger partial charge in [0, 0.05) is 0 Å². The molecule has 1 aliphatic carbocycles. The molecule has 82 valence electrons. The maximum absolute atomic E-state index is 11.8. The molecular weight excluding hydrogens is 244 g/mol. The summed E-state index contributed by atoms with van der Waals surface area (Å²) in [6.45, 7) is 10.0. The summed E-state index contributed by atoms with van der Waals surface area (Å²) in [6.07, 6.45) is 1.71. The second kappa shape index (κ2) is 3.22. The highest BCUT2D eigenvalue weighted by molar-refractivity contribution is 9.10. The van der Waals surface area contributed by atoms with Crippen molar-refractivity contribution in [1.29, 1.82) is 0 Å². The number of hydrogen-bond acceptors (Lipinski definition) is 2. The summed E-state index contributed by atoms with van der Waals surface area (Å²) in [5.74, 6) is -0.121. The first kappa shape index (κ1) is 12.0. The highest BCUT2D eigenvalue weighted by Crippen LogP contribution is 2.53. The zero-order chi connectivity index (χ0) is 11.2. The summed E-state index contributed by atoms with van der Waals surface area (Å²) in [5.41, 5.74) is -0.127. The molecule has 3 heteroatoms. The van der Waals surface area contributed by atoms with E-state index in [2.05, 4.69) is 29.8 Å². The number of esters is 1. The predicted molar refractivity (Wildman–Crippen MR) is 60.5 cm³/mol. The predicted octanol–water partition coefficient (Wildman–Crippen LogP) is 3.28. The molecule has 1 saturated carbocycles. The molecule has 0 aromatic rings. The number of halogens is 1. The van der Waals surface area contributed by atoms with Gasteiger partial charge in [-0.3, -0.25) is 4.79 Å². The van der Waals surface area contributed by atoms with Crippen molar-refractivity contribution in [2.75, 3.05) is 0 Å². The third-order valence-electron chi connectivity index (χ3n) is 2.28. The summed E-state index contributed by atoms with van der Waals surface area (Å²) in [6, 6.07) is 0. The SMILES string of the molecule is CC1(C)CC(Br)(C(=O)OC(C)(C)C)C1. The third kappa shape index (κ3) is 2.72. The molecule has 14 heavy (non-hydrogen) atoms. The van der Waals surface area contributed by atoms with Crippen molar-refractivity contribution in [2.24, 2.45) is 5.41 Å². The van der Waals surface area contributed by atoms with Crippen molar-refractivity contribution >= 4 is 21.9 Å². The van der Waals surface area contributed by atoms with E-state index < -0.39 is 9.93 Å². The Labute approximate surface area is 94.5 Å². The van der Waals surface area contributed by atoms with Crippen molar-refractivity contribution in [2.45, 2.75) is 57.4 Å². The van der Waals surface area contributed by atoms with Gasteiger partial charge in [-0.2, -0.15) is 0 Å². The minimum absolute atomic E-state index is 0.121. The fourth-order valence-electron chi connectivity index (χ4n) is 1.98. The van der Waals surface area contributed by atoms with Gasteiger partial charge in [0.15, 0.2) is 0 Å². The lowest BCUT2D eigenvalue weighted by molar-refractivity contribution is -0.163. The van der Waals surface area contributed by atoms with E-state index in [1.807, 2.05) is 20.8 Å². The van der Waals surface area contributed by atoms with Crippen molar-refractivity contribution < 1.29 is 9.53 Å². The Hall–Kier alpha value is -0.0500. The Kier molecular flexibility index (Phi) is 2.77. The summed E-state index contributed by atoms with van der Waals surface area (Å²) >= 11 is 3.49. The average molecular weight is 263 g/mol. The molecule has 0 saturated heterocycles. The van der Waals surface area contributed by atoms with Crippen molar-refractivity contribution in [3.63, 3.8) is 0 Å². The van der Waals surface area contributed by atoms with Crippen molar-refractivity contribution in [3.05, 3.63) is 0 Å². The van der Waals surface area contributed by atoms with Crippen molar-refractivity contribution in [1.82, 2.24) is 0 Å². The standard InChI is InChI=1S/C11H19BrO2/c1-9(2,3)14-8(13)11(12)6-10(4,5)7-11/h6-7H2,1-5H3. The second-order valence-corrected chi connectivity index (χ2v) is 7.50. The van der Waals surface area contributed by atoms with E-state index in [1.165, 1.54) is 0 Å². The Balaban J connectivity index is 2.56. The van der Waals surface area contributed by atoms with Crippen LogP contribution in [0, 0.1) is 5.41 Å². The fraction of sp³-hybridized carbons (Fsp3) is 0.909. The molecule has 0 amide bonds. The number of alkyl halides is 1. The first-order chi connectivity index (χ1) is 6.04. The average Bonchev–Trinajstić information content (AvgIpc) is 1.77. The van der Waals surface area contributed by atoms with E-state index in [0.717, 1.165) is 12.8 Å². The summed E-state index contributed by atoms with van der Waals surface area (Å²) < 4.78 is 4.93. The quantitative estimate of drug-likeness (QED) is 0.536. The zero-order valence-corrected chi connectivity index (χ0v) is 11.2. The molecule has 0 N–H and O–H groups in total. The molecular formula is C11H19BrO2. The molecule has 2 nitrogen and oxygen atoms in total. The molecule has 0 aliphatic heterocycles. The minimum atomic E-state index is -0.427. The van der Waals surface area contributed by atoms with Crippen LogP contribution in [-0.2, 0) is 9.53 Å². The maximum atomic E-state index is 11.8. The van der Waals surface area contributed by atoms with Gasteiger partial charge in [-0.15, -0.1) is 0 Å². The molecule has 1 aliphatic rings. The molecule has 0 heterocycles. The topological polar surface area (TPSA) is 26.3 Å². The number of hydrogen-bond donors (Lipinski definition) is 0. The highest BCUT2D eigenvalue weighted by atomic mass is 79.9. The van der Waals surface area contributed by atoms with Gasteiger partial charge in [0.25, 0.3) is 0 Å². The largest absolute Gasteiger partial charge is 0.459 e. The van der Waals surface area contributed by atoms with Crippen LogP contribution in [0.15, 0.2) is 0 Å². The summed E-state index contributed by atoms with van der Waals surface area (Å²) in [7, 11) is 0. The van der Waals surface area contributed by atoms with E-state index in [9.17, 15) is 4.79 Å². The van der Waals surface area contributed by atoms with E-state index in [1.54, 1.807) is 0 Å². The van der Waals surface area contributed by atoms with Crippen LogP contribution < -0.4 is 0 Å². The normalized spacial score (nSPS) is 23.9. The van der Waals surface area contributed by atoms with Gasteiger partial charge in [0.1, 0.15) is 9.93 Å². The third-order valence-corrected chi connectivity index (χ3v) is 3.17. The number of rotatable bonds is 1. The van der Waals surface area contributed by atoms with E-state index >= 15 is 0 Å². The molecule has 0 atom stereocenters. The van der Waals surface area contributed by atoms with Gasteiger partial charge >= 0.3 is 5.97 Å². The van der Waals surface area contributed by atoms with Gasteiger partial charge in [0.05, 0.1) is 0 Å². The van der Waals surface area contributed by atoms with Gasteiger partial charge < -0.3 is 4.74 Å². The summed E-state index contributed by atoms with van der Waals surface area (Å²) in [5, 5.41) is 0. The zero-order valence-electron chi connectivity index (χ0n) is 9.61. The monoisotopic (exact) mass is 262 g/mol. The van der Waals surface area contributed by atoms with Gasteiger partial charge in [0.2, 0.25) is 0 Å². The van der Waals surface area contributed by atoms with Gasteiger partial charge in [-0.05, 0) is 39.0 Å². The molecule has 0 aromatic heterocycles. The lowest BCUT2D eigenvalue weighted by atomic mass is 9.64. The summed E-state index contributed by atoms with van der Waals surface area (Å²) in [4.78, 5) is 11.8. The lowest BCUT2D eigenvalue weighted by Crippen LogP contribution is -2.52. The number of ether oxygens (including phenoxy) is 1. The van der Waals surface area contributed by atoms with Crippen LogP contribution in [-0.4, -0.2) is 15.9 Å². The van der Waals surface area contributed by atoms with Crippen LogP contribution >= 0.6 is 15.9 Å². The van der Waals surface area contributed by atoms with E-state index in [4.69, 9.17) is 4.74 Å². The smallest absolute Gasteiger partial charge is 0.323 e. The van der Waals surface area contributed by atoms with Crippen LogP contribution in [0.3, 0.4) is 0 Å². The molecule has 1 rings (SSSR count). The van der Waals surface area contributed by atoms with Crippen LogP contribution in [0.5, 0.6) is 0 Å². The number of carbonyl (C=O) groups is 1. The second-order valence-electron chi connectivity index (χ2n) is 5.98. The van der Waals surface area contributed by atoms with Gasteiger partial charge in [-0.1, -0.05) is 29.8 Å². The van der Waals surface area contributed by atoms with Crippen molar-refractivity contribution in [3.8, 4) is 0 Å². The molecule has 0 unspecified atom stereocenters. The first-order valence-electron chi connectivity index (χ1n) is 4.97. The van der Waals surface area contributed by atoms with Crippen LogP contribution in [0.4, 0.5) is 0 Å². The molecule has 0 bridgehead atoms.